The van der Waals surface area contributed by atoms with Gasteiger partial charge in [-0.2, -0.15) is 0 Å². The number of fused-ring (bicyclic) bond motifs is 1. The van der Waals surface area contributed by atoms with E-state index >= 15 is 0 Å². The number of halogens is 3. The van der Waals surface area contributed by atoms with Crippen molar-refractivity contribution >= 4 is 33.3 Å². The molecule has 2 N–H and O–H groups in total. The number of ether oxygens (including phenoxy) is 2. The number of benzene rings is 2. The second-order valence-electron chi connectivity index (χ2n) is 8.54. The van der Waals surface area contributed by atoms with E-state index in [2.05, 4.69) is 16.6 Å². The Labute approximate surface area is 216 Å². The van der Waals surface area contributed by atoms with Crippen LogP contribution in [0.4, 0.5) is 13.2 Å². The zero-order chi connectivity index (χ0) is 27.2. The number of carbonyl (C=O) groups is 2. The van der Waals surface area contributed by atoms with Gasteiger partial charge >= 0.3 is 12.3 Å². The van der Waals surface area contributed by atoms with Crippen LogP contribution >= 0.6 is 11.3 Å². The molecule has 0 aliphatic rings. The molecule has 3 aromatic rings. The van der Waals surface area contributed by atoms with Crippen LogP contribution in [0.3, 0.4) is 0 Å². The van der Waals surface area contributed by atoms with Gasteiger partial charge in [0.1, 0.15) is 24.1 Å². The second kappa shape index (κ2) is 12.1. The van der Waals surface area contributed by atoms with Gasteiger partial charge in [0.05, 0.1) is 5.56 Å². The Morgan fingerprint density at radius 3 is 2.35 bits per heavy atom. The minimum Gasteiger partial charge on any atom is -0.487 e. The molecule has 0 bridgehead atoms. The van der Waals surface area contributed by atoms with Crippen LogP contribution in [-0.4, -0.2) is 29.4 Å². The van der Waals surface area contributed by atoms with E-state index in [-0.39, 0.29) is 29.6 Å². The summed E-state index contributed by atoms with van der Waals surface area (Å²) in [6, 6.07) is 9.04. The molecule has 3 rings (SSSR count). The fourth-order valence-electron chi connectivity index (χ4n) is 3.91. The first kappa shape index (κ1) is 28.0. The lowest BCUT2D eigenvalue weighted by Gasteiger charge is -2.21. The molecule has 6 nitrogen and oxygen atoms in total. The SMILES string of the molecule is C=C(CC(CC)CC)[C@H](NC(=O)c1ccc2sccc2c1OCc1ccc(OC(F)(F)F)cc1)C(=O)O. The van der Waals surface area contributed by atoms with Crippen molar-refractivity contribution in [2.75, 3.05) is 0 Å². The predicted molar refractivity (Wildman–Crippen MR) is 136 cm³/mol. The van der Waals surface area contributed by atoms with Crippen LogP contribution in [0.5, 0.6) is 11.5 Å². The normalized spacial score (nSPS) is 12.4. The number of thiophene rings is 1. The Hall–Kier alpha value is -3.53. The molecule has 2 aromatic carbocycles. The van der Waals surface area contributed by atoms with Gasteiger partial charge in [0.25, 0.3) is 5.91 Å². The molecule has 0 saturated heterocycles. The Kier molecular flexibility index (Phi) is 9.20. The van der Waals surface area contributed by atoms with Gasteiger partial charge in [-0.1, -0.05) is 45.4 Å². The van der Waals surface area contributed by atoms with Crippen LogP contribution in [0.25, 0.3) is 10.1 Å². The third-order valence-electron chi connectivity index (χ3n) is 6.01. The summed E-state index contributed by atoms with van der Waals surface area (Å²) in [6.07, 6.45) is -2.58. The predicted octanol–water partition coefficient (Wildman–Crippen LogP) is 6.94. The molecule has 0 radical (unpaired) electrons. The minimum absolute atomic E-state index is 0.0364. The molecule has 1 amide bonds. The fraction of sp³-hybridized carbons (Fsp3) is 0.333. The van der Waals surface area contributed by atoms with Gasteiger partial charge in [0, 0.05) is 10.1 Å². The molecule has 1 atom stereocenters. The van der Waals surface area contributed by atoms with E-state index < -0.39 is 24.3 Å². The number of hydrogen-bond acceptors (Lipinski definition) is 5. The molecule has 0 aliphatic heterocycles. The standard InChI is InChI=1S/C27H28F3NO5S/c1-4-17(5-2)14-16(3)23(26(33)34)31-25(32)21-10-11-22-20(12-13-37-22)24(21)35-15-18-6-8-19(9-7-18)36-27(28,29)30/h6-13,17,23H,3-5,14-15H2,1-2H3,(H,31,32)(H,33,34)/t23-/m0/s1. The summed E-state index contributed by atoms with van der Waals surface area (Å²) in [7, 11) is 0. The summed E-state index contributed by atoms with van der Waals surface area (Å²) in [5, 5.41) is 14.8. The summed E-state index contributed by atoms with van der Waals surface area (Å²) in [5.41, 5.74) is 1.11. The van der Waals surface area contributed by atoms with Crippen LogP contribution in [0.15, 0.2) is 60.0 Å². The summed E-state index contributed by atoms with van der Waals surface area (Å²) < 4.78 is 47.9. The molecule has 10 heteroatoms. The highest BCUT2D eigenvalue weighted by Crippen LogP contribution is 2.34. The molecule has 0 aliphatic carbocycles. The molecule has 1 aromatic heterocycles. The Morgan fingerprint density at radius 2 is 1.76 bits per heavy atom. The van der Waals surface area contributed by atoms with Gasteiger partial charge in [0.2, 0.25) is 0 Å². The van der Waals surface area contributed by atoms with Crippen LogP contribution in [-0.2, 0) is 11.4 Å². The van der Waals surface area contributed by atoms with Crippen molar-refractivity contribution < 1.29 is 37.3 Å². The van der Waals surface area contributed by atoms with E-state index in [9.17, 15) is 27.9 Å². The van der Waals surface area contributed by atoms with Gasteiger partial charge in [-0.25, -0.2) is 4.79 Å². The van der Waals surface area contributed by atoms with Crippen LogP contribution in [0.2, 0.25) is 0 Å². The van der Waals surface area contributed by atoms with Crippen molar-refractivity contribution in [2.45, 2.75) is 52.1 Å². The zero-order valence-corrected chi connectivity index (χ0v) is 21.2. The minimum atomic E-state index is -4.79. The number of carboxylic acids is 1. The number of hydrogen-bond donors (Lipinski definition) is 2. The van der Waals surface area contributed by atoms with E-state index in [1.54, 1.807) is 18.2 Å². The maximum atomic E-state index is 13.2. The lowest BCUT2D eigenvalue weighted by Crippen LogP contribution is -2.42. The third-order valence-corrected chi connectivity index (χ3v) is 6.89. The first-order chi connectivity index (χ1) is 17.5. The molecule has 1 heterocycles. The average molecular weight is 536 g/mol. The van der Waals surface area contributed by atoms with Gasteiger partial charge in [-0.05, 0) is 59.2 Å². The Balaban J connectivity index is 1.82. The van der Waals surface area contributed by atoms with Crippen molar-refractivity contribution in [1.29, 1.82) is 0 Å². The maximum Gasteiger partial charge on any atom is 0.573 e. The molecule has 0 fully saturated rings. The molecule has 37 heavy (non-hydrogen) atoms. The second-order valence-corrected chi connectivity index (χ2v) is 9.49. The summed E-state index contributed by atoms with van der Waals surface area (Å²) in [6.45, 7) is 7.93. The smallest absolute Gasteiger partial charge is 0.487 e. The number of nitrogens with one attached hydrogen (secondary N) is 1. The number of alkyl halides is 3. The van der Waals surface area contributed by atoms with Gasteiger partial charge in [-0.15, -0.1) is 24.5 Å². The third kappa shape index (κ3) is 7.48. The van der Waals surface area contributed by atoms with Crippen LogP contribution < -0.4 is 14.8 Å². The number of carboxylic acid groups (broad SMARTS) is 1. The number of amides is 1. The lowest BCUT2D eigenvalue weighted by molar-refractivity contribution is -0.274. The number of rotatable bonds is 12. The first-order valence-electron chi connectivity index (χ1n) is 11.7. The largest absolute Gasteiger partial charge is 0.573 e. The Morgan fingerprint density at radius 1 is 1.08 bits per heavy atom. The molecule has 0 saturated carbocycles. The van der Waals surface area contributed by atoms with E-state index in [1.165, 1.54) is 35.6 Å². The van der Waals surface area contributed by atoms with Gasteiger partial charge in [-0.3, -0.25) is 4.79 Å². The molecule has 0 unspecified atom stereocenters. The maximum absolute atomic E-state index is 13.2. The first-order valence-corrected chi connectivity index (χ1v) is 12.6. The quantitative estimate of drug-likeness (QED) is 0.245. The van der Waals surface area contributed by atoms with Crippen molar-refractivity contribution in [3.63, 3.8) is 0 Å². The summed E-state index contributed by atoms with van der Waals surface area (Å²) >= 11 is 1.44. The molecular formula is C27H28F3NO5S. The highest BCUT2D eigenvalue weighted by Gasteiger charge is 2.31. The van der Waals surface area contributed by atoms with Crippen molar-refractivity contribution in [2.24, 2.45) is 5.92 Å². The molecular weight excluding hydrogens is 507 g/mol. The van der Waals surface area contributed by atoms with E-state index in [1.807, 2.05) is 19.2 Å². The topological polar surface area (TPSA) is 84.9 Å². The van der Waals surface area contributed by atoms with Crippen molar-refractivity contribution in [3.05, 3.63) is 71.1 Å². The van der Waals surface area contributed by atoms with E-state index in [4.69, 9.17) is 4.74 Å². The lowest BCUT2D eigenvalue weighted by atomic mass is 9.91. The highest BCUT2D eigenvalue weighted by atomic mass is 32.1. The average Bonchev–Trinajstić information content (AvgIpc) is 3.33. The summed E-state index contributed by atoms with van der Waals surface area (Å²) in [5.74, 6) is -1.67. The van der Waals surface area contributed by atoms with Gasteiger partial charge < -0.3 is 19.9 Å². The van der Waals surface area contributed by atoms with E-state index in [0.717, 1.165) is 17.5 Å². The molecule has 0 spiro atoms. The van der Waals surface area contributed by atoms with Crippen LogP contribution in [0.1, 0.15) is 49.0 Å². The van der Waals surface area contributed by atoms with Crippen molar-refractivity contribution in [1.82, 2.24) is 5.32 Å². The van der Waals surface area contributed by atoms with E-state index in [0.29, 0.717) is 22.9 Å². The fourth-order valence-corrected chi connectivity index (χ4v) is 4.69. The Bertz CT molecular complexity index is 1250. The molecule has 198 valence electrons. The zero-order valence-electron chi connectivity index (χ0n) is 20.4. The summed E-state index contributed by atoms with van der Waals surface area (Å²) in [4.78, 5) is 25.2. The van der Waals surface area contributed by atoms with Crippen molar-refractivity contribution in [3.8, 4) is 11.5 Å². The number of aliphatic carboxylic acids is 1. The van der Waals surface area contributed by atoms with Gasteiger partial charge in [0.15, 0.2) is 0 Å². The monoisotopic (exact) mass is 535 g/mol. The number of carbonyl (C=O) groups excluding carboxylic acids is 1. The highest BCUT2D eigenvalue weighted by molar-refractivity contribution is 7.17. The van der Waals surface area contributed by atoms with Crippen LogP contribution in [0, 0.1) is 5.92 Å².